The monoisotopic (exact) mass is 868 g/mol. The van der Waals surface area contributed by atoms with Crippen molar-refractivity contribution in [2.75, 3.05) is 26.4 Å². The summed E-state index contributed by atoms with van der Waals surface area (Å²) in [5, 5.41) is 30.4. The molecule has 0 aliphatic rings. The molecule has 0 saturated heterocycles. The summed E-state index contributed by atoms with van der Waals surface area (Å²) in [6.45, 7) is 3.12. The van der Waals surface area contributed by atoms with Crippen LogP contribution in [0.1, 0.15) is 162 Å². The highest BCUT2D eigenvalue weighted by Crippen LogP contribution is 2.43. The van der Waals surface area contributed by atoms with Gasteiger partial charge >= 0.3 is 19.8 Å². The molecular weight excluding hydrogens is 785 g/mol. The Hall–Kier alpha value is -2.67. The van der Waals surface area contributed by atoms with Gasteiger partial charge in [0.25, 0.3) is 0 Å². The van der Waals surface area contributed by atoms with Gasteiger partial charge in [-0.2, -0.15) is 0 Å². The smallest absolute Gasteiger partial charge is 0.462 e. The number of esters is 2. The van der Waals surface area contributed by atoms with Crippen LogP contribution >= 0.6 is 7.82 Å². The number of phosphoric acid groups is 1. The van der Waals surface area contributed by atoms with Crippen molar-refractivity contribution in [3.05, 3.63) is 72.9 Å². The van der Waals surface area contributed by atoms with Gasteiger partial charge in [-0.05, 0) is 57.8 Å². The van der Waals surface area contributed by atoms with E-state index in [1.807, 2.05) is 19.1 Å². The van der Waals surface area contributed by atoms with Gasteiger partial charge in [-0.3, -0.25) is 18.6 Å². The Morgan fingerprint density at radius 2 is 1.18 bits per heavy atom. The molecule has 0 aliphatic carbocycles. The van der Waals surface area contributed by atoms with E-state index in [-0.39, 0.29) is 45.4 Å². The molecule has 0 aromatic heterocycles. The number of hydrogen-bond acceptors (Lipinski definition) is 11. The number of carbonyl (C=O) groups is 2. The summed E-state index contributed by atoms with van der Waals surface area (Å²) in [6, 6.07) is 0. The lowest BCUT2D eigenvalue weighted by Crippen LogP contribution is -2.30. The van der Waals surface area contributed by atoms with Crippen molar-refractivity contribution >= 4 is 19.8 Å². The van der Waals surface area contributed by atoms with E-state index in [9.17, 15) is 34.4 Å². The fourth-order valence-corrected chi connectivity index (χ4v) is 6.68. The Labute approximate surface area is 362 Å². The van der Waals surface area contributed by atoms with E-state index >= 15 is 0 Å². The SMILES string of the molecule is CC/C=C\C[C@H](O)/C=C/C=C/C=C\C=C/[C@@H](O)[C@H](O)CCCC(=O)O[C@H](COC(=O)CCCCCCCCCCC/C=C\CCCCCCCC)COP(=O)(O)OCCN. The molecule has 0 aromatic rings. The number of ether oxygens (including phenoxy) is 2. The van der Waals surface area contributed by atoms with Crippen molar-refractivity contribution in [2.45, 2.75) is 186 Å². The van der Waals surface area contributed by atoms with E-state index in [1.165, 1.54) is 89.5 Å². The second kappa shape index (κ2) is 41.7. The largest absolute Gasteiger partial charge is 0.472 e. The van der Waals surface area contributed by atoms with Gasteiger partial charge in [-0.15, -0.1) is 0 Å². The fourth-order valence-electron chi connectivity index (χ4n) is 5.91. The molecule has 0 saturated carbocycles. The highest BCUT2D eigenvalue weighted by molar-refractivity contribution is 7.47. The fraction of sp³-hybridized carbons (Fsp3) is 0.702. The molecule has 0 spiro atoms. The lowest BCUT2D eigenvalue weighted by atomic mass is 10.1. The van der Waals surface area contributed by atoms with E-state index in [0.29, 0.717) is 12.8 Å². The Kier molecular flexibility index (Phi) is 39.8. The van der Waals surface area contributed by atoms with Gasteiger partial charge in [0, 0.05) is 19.4 Å². The zero-order valence-corrected chi connectivity index (χ0v) is 37.9. The normalized spacial score (nSPS) is 15.5. The van der Waals surface area contributed by atoms with Crippen molar-refractivity contribution in [1.82, 2.24) is 0 Å². The maximum absolute atomic E-state index is 12.6. The van der Waals surface area contributed by atoms with Crippen LogP contribution in [0.15, 0.2) is 72.9 Å². The van der Waals surface area contributed by atoms with Crippen LogP contribution in [0.25, 0.3) is 0 Å². The minimum atomic E-state index is -4.48. The number of aliphatic hydroxyl groups is 3. The number of nitrogens with two attached hydrogens (primary N) is 1. The van der Waals surface area contributed by atoms with Crippen LogP contribution < -0.4 is 5.73 Å². The van der Waals surface area contributed by atoms with Crippen LogP contribution in [-0.2, 0) is 32.7 Å². The maximum atomic E-state index is 12.6. The van der Waals surface area contributed by atoms with Gasteiger partial charge in [-0.1, -0.05) is 164 Å². The molecule has 13 heteroatoms. The predicted molar refractivity (Wildman–Crippen MR) is 242 cm³/mol. The molecule has 0 fully saturated rings. The molecule has 6 N–H and O–H groups in total. The molecule has 12 nitrogen and oxygen atoms in total. The van der Waals surface area contributed by atoms with Crippen molar-refractivity contribution in [3.63, 3.8) is 0 Å². The summed E-state index contributed by atoms with van der Waals surface area (Å²) < 4.78 is 32.6. The van der Waals surface area contributed by atoms with E-state index in [2.05, 4.69) is 19.1 Å². The average molecular weight is 868 g/mol. The number of rotatable bonds is 41. The molecule has 0 radical (unpaired) electrons. The van der Waals surface area contributed by atoms with Gasteiger partial charge < -0.3 is 35.4 Å². The third kappa shape index (κ3) is 39.5. The predicted octanol–water partition coefficient (Wildman–Crippen LogP) is 9.97. The lowest BCUT2D eigenvalue weighted by molar-refractivity contribution is -0.161. The van der Waals surface area contributed by atoms with Gasteiger partial charge in [-0.25, -0.2) is 4.57 Å². The number of aliphatic hydroxyl groups excluding tert-OH is 3. The average Bonchev–Trinajstić information content (AvgIpc) is 3.22. The second-order valence-electron chi connectivity index (χ2n) is 15.1. The van der Waals surface area contributed by atoms with E-state index < -0.39 is 50.8 Å². The van der Waals surface area contributed by atoms with Crippen molar-refractivity contribution in [3.8, 4) is 0 Å². The molecule has 0 rings (SSSR count). The van der Waals surface area contributed by atoms with Crippen molar-refractivity contribution < 1.29 is 52.9 Å². The summed E-state index contributed by atoms with van der Waals surface area (Å²) in [6.07, 6.45) is 40.2. The topological polar surface area (TPSA) is 195 Å². The molecular formula is C47H82NO11P. The summed E-state index contributed by atoms with van der Waals surface area (Å²) in [4.78, 5) is 35.0. The first-order chi connectivity index (χ1) is 29.0. The molecule has 5 atom stereocenters. The number of allylic oxidation sites excluding steroid dienone is 9. The van der Waals surface area contributed by atoms with E-state index in [1.54, 1.807) is 42.5 Å². The van der Waals surface area contributed by atoms with Gasteiger partial charge in [0.2, 0.25) is 0 Å². The first-order valence-electron chi connectivity index (χ1n) is 22.7. The van der Waals surface area contributed by atoms with Crippen LogP contribution in [0.3, 0.4) is 0 Å². The zero-order valence-electron chi connectivity index (χ0n) is 37.0. The van der Waals surface area contributed by atoms with E-state index in [0.717, 1.165) is 25.7 Å². The molecule has 1 unspecified atom stereocenters. The minimum absolute atomic E-state index is 0.00608. The Balaban J connectivity index is 4.44. The molecule has 0 aromatic carbocycles. The molecule has 0 amide bonds. The number of unbranched alkanes of at least 4 members (excludes halogenated alkanes) is 15. The quantitative estimate of drug-likeness (QED) is 0.0129. The number of carbonyl (C=O) groups excluding carboxylic acids is 2. The first-order valence-corrected chi connectivity index (χ1v) is 24.2. The molecule has 0 bridgehead atoms. The molecule has 60 heavy (non-hydrogen) atoms. The van der Waals surface area contributed by atoms with Crippen molar-refractivity contribution in [2.24, 2.45) is 5.73 Å². The van der Waals surface area contributed by atoms with Gasteiger partial charge in [0.1, 0.15) is 6.61 Å². The summed E-state index contributed by atoms with van der Waals surface area (Å²) >= 11 is 0. The number of phosphoric ester groups is 1. The summed E-state index contributed by atoms with van der Waals surface area (Å²) in [5.41, 5.74) is 5.33. The van der Waals surface area contributed by atoms with E-state index in [4.69, 9.17) is 24.3 Å². The van der Waals surface area contributed by atoms with Gasteiger partial charge in [0.15, 0.2) is 6.10 Å². The Morgan fingerprint density at radius 1 is 0.633 bits per heavy atom. The standard InChI is InChI=1S/C47H82NO11P/c1-3-5-7-8-9-10-11-12-13-14-15-16-17-18-19-20-21-26-30-36-46(52)56-40-43(41-58-60(54,55)57-39-38-48)59-47(53)37-31-35-45(51)44(50)34-29-25-23-22-24-28-33-42(49)32-27-6-4-2/h6,12-13,22-25,27-29,33-34,42-45,49-51H,3-5,7-11,14-21,26,30-32,35-41,48H2,1-2H3,(H,54,55)/b13-12-,24-22+,25-23-,27-6-,33-28+,34-29-/t42-,43+,44+,45+/m0/s1. The summed E-state index contributed by atoms with van der Waals surface area (Å²) in [5.74, 6) is -1.17. The number of hydrogen-bond donors (Lipinski definition) is 5. The van der Waals surface area contributed by atoms with Crippen LogP contribution in [0.5, 0.6) is 0 Å². The second-order valence-corrected chi connectivity index (χ2v) is 16.6. The summed E-state index contributed by atoms with van der Waals surface area (Å²) in [7, 11) is -4.48. The molecule has 0 heterocycles. The molecule has 0 aliphatic heterocycles. The minimum Gasteiger partial charge on any atom is -0.462 e. The van der Waals surface area contributed by atoms with Crippen molar-refractivity contribution in [1.29, 1.82) is 0 Å². The third-order valence-electron chi connectivity index (χ3n) is 9.42. The molecule has 346 valence electrons. The maximum Gasteiger partial charge on any atom is 0.472 e. The first kappa shape index (κ1) is 57.3. The van der Waals surface area contributed by atoms with Gasteiger partial charge in [0.05, 0.1) is 31.5 Å². The lowest BCUT2D eigenvalue weighted by Gasteiger charge is -2.20. The zero-order chi connectivity index (χ0) is 44.4. The van der Waals surface area contributed by atoms with Crippen LogP contribution in [0, 0.1) is 0 Å². The Bertz CT molecular complexity index is 1270. The van der Waals surface area contributed by atoms with Crippen LogP contribution in [-0.4, -0.2) is 82.9 Å². The van der Waals surface area contributed by atoms with Crippen LogP contribution in [0.4, 0.5) is 0 Å². The third-order valence-corrected chi connectivity index (χ3v) is 10.4. The highest BCUT2D eigenvalue weighted by Gasteiger charge is 2.26. The highest BCUT2D eigenvalue weighted by atomic mass is 31.2. The Morgan fingerprint density at radius 3 is 1.78 bits per heavy atom. The van der Waals surface area contributed by atoms with Crippen LogP contribution in [0.2, 0.25) is 0 Å².